The maximum Gasteiger partial charge on any atom is 0.300 e. The molecule has 3 aromatic carbocycles. The lowest BCUT2D eigenvalue weighted by molar-refractivity contribution is -0.132. The zero-order valence-corrected chi connectivity index (χ0v) is 17.5. The molecule has 1 aliphatic rings. The molecule has 2 heterocycles. The Bertz CT molecular complexity index is 1380. The molecule has 156 valence electrons. The van der Waals surface area contributed by atoms with E-state index >= 15 is 0 Å². The number of pyridine rings is 1. The van der Waals surface area contributed by atoms with Crippen molar-refractivity contribution in [2.45, 2.75) is 6.04 Å². The molecular weight excluding hydrogens is 424 g/mol. The lowest BCUT2D eigenvalue weighted by Gasteiger charge is -2.26. The van der Waals surface area contributed by atoms with Crippen molar-refractivity contribution in [1.82, 2.24) is 4.98 Å². The topological polar surface area (TPSA) is 70.5 Å². The first-order valence-corrected chi connectivity index (χ1v) is 10.4. The number of hydrogen-bond acceptors (Lipinski definition) is 4. The summed E-state index contributed by atoms with van der Waals surface area (Å²) in [6, 6.07) is 22.4. The molecule has 1 amide bonds. The van der Waals surface area contributed by atoms with Crippen molar-refractivity contribution in [3.8, 4) is 0 Å². The number of anilines is 1. The summed E-state index contributed by atoms with van der Waals surface area (Å²) in [4.78, 5) is 32.2. The zero-order chi connectivity index (χ0) is 22.2. The van der Waals surface area contributed by atoms with Crippen molar-refractivity contribution in [2.24, 2.45) is 0 Å². The highest BCUT2D eigenvalue weighted by Gasteiger charge is 2.47. The van der Waals surface area contributed by atoms with Gasteiger partial charge in [-0.05, 0) is 47.3 Å². The third kappa shape index (κ3) is 3.24. The fraction of sp³-hybridized carbons (Fsp3) is 0.0385. The summed E-state index contributed by atoms with van der Waals surface area (Å²) in [6.45, 7) is 0. The van der Waals surface area contributed by atoms with Crippen LogP contribution in [-0.4, -0.2) is 21.8 Å². The fourth-order valence-corrected chi connectivity index (χ4v) is 4.24. The van der Waals surface area contributed by atoms with Gasteiger partial charge in [0.15, 0.2) is 0 Å². The largest absolute Gasteiger partial charge is 0.507 e. The van der Waals surface area contributed by atoms with Crippen LogP contribution in [0.3, 0.4) is 0 Å². The summed E-state index contributed by atoms with van der Waals surface area (Å²) >= 11 is 5.98. The van der Waals surface area contributed by atoms with Gasteiger partial charge in [-0.1, -0.05) is 54.1 Å². The number of benzene rings is 3. The minimum absolute atomic E-state index is 0.0123. The lowest BCUT2D eigenvalue weighted by atomic mass is 9.96. The third-order valence-corrected chi connectivity index (χ3v) is 5.84. The summed E-state index contributed by atoms with van der Waals surface area (Å²) in [5, 5.41) is 13.4. The number of Topliss-reactive ketones (excluding diaryl/α,β-unsaturated/α-hetero) is 1. The molecule has 1 aromatic heterocycles. The molecule has 1 atom stereocenters. The molecule has 4 aromatic rings. The number of ketones is 1. The van der Waals surface area contributed by atoms with E-state index in [2.05, 4.69) is 4.98 Å². The first-order valence-electron chi connectivity index (χ1n) is 10.0. The number of hydrogen-bond donors (Lipinski definition) is 1. The number of halogens is 1. The number of amides is 1. The molecule has 1 unspecified atom stereocenters. The number of aliphatic hydroxyl groups is 1. The molecule has 0 spiro atoms. The monoisotopic (exact) mass is 440 g/mol. The van der Waals surface area contributed by atoms with Gasteiger partial charge in [0.2, 0.25) is 0 Å². The smallest absolute Gasteiger partial charge is 0.300 e. The summed E-state index contributed by atoms with van der Waals surface area (Å²) in [5.74, 6) is -1.71. The Morgan fingerprint density at radius 1 is 0.906 bits per heavy atom. The van der Waals surface area contributed by atoms with Crippen LogP contribution in [0.2, 0.25) is 5.02 Å². The average molecular weight is 441 g/mol. The van der Waals surface area contributed by atoms with Gasteiger partial charge in [0, 0.05) is 28.4 Å². The fourth-order valence-electron chi connectivity index (χ4n) is 4.12. The van der Waals surface area contributed by atoms with Crippen LogP contribution in [-0.2, 0) is 9.59 Å². The number of aromatic nitrogens is 1. The maximum absolute atomic E-state index is 13.3. The van der Waals surface area contributed by atoms with Crippen LogP contribution in [0.15, 0.2) is 96.8 Å². The standard InChI is InChI=1S/C26H17ClN2O3/c27-19-12-10-17(11-13-19)24(30)22-23(18-7-4-14-28-15-18)29(26(32)25(22)31)21-9-3-6-16-5-1-2-8-20(16)21/h1-15,23,30H/b24-22+. The van der Waals surface area contributed by atoms with Crippen molar-refractivity contribution in [1.29, 1.82) is 0 Å². The third-order valence-electron chi connectivity index (χ3n) is 5.59. The second-order valence-corrected chi connectivity index (χ2v) is 7.90. The molecule has 1 aliphatic heterocycles. The van der Waals surface area contributed by atoms with Gasteiger partial charge < -0.3 is 5.11 Å². The summed E-state index contributed by atoms with van der Waals surface area (Å²) < 4.78 is 0. The second kappa shape index (κ2) is 7.94. The minimum Gasteiger partial charge on any atom is -0.507 e. The number of fused-ring (bicyclic) bond motifs is 1. The first kappa shape index (κ1) is 20.0. The zero-order valence-electron chi connectivity index (χ0n) is 16.8. The number of rotatable bonds is 3. The minimum atomic E-state index is -0.829. The summed E-state index contributed by atoms with van der Waals surface area (Å²) in [5.41, 5.74) is 1.63. The number of nitrogens with zero attached hydrogens (tertiary/aromatic N) is 2. The highest BCUT2D eigenvalue weighted by Crippen LogP contribution is 2.43. The van der Waals surface area contributed by atoms with E-state index in [1.165, 1.54) is 4.90 Å². The van der Waals surface area contributed by atoms with Crippen LogP contribution in [0.25, 0.3) is 16.5 Å². The molecular formula is C26H17ClN2O3. The van der Waals surface area contributed by atoms with E-state index in [0.717, 1.165) is 10.8 Å². The van der Waals surface area contributed by atoms with E-state index < -0.39 is 17.7 Å². The highest BCUT2D eigenvalue weighted by molar-refractivity contribution is 6.52. The predicted molar refractivity (Wildman–Crippen MR) is 124 cm³/mol. The molecule has 0 radical (unpaired) electrons. The van der Waals surface area contributed by atoms with Gasteiger partial charge >= 0.3 is 0 Å². The number of carbonyl (C=O) groups is 2. The molecule has 5 rings (SSSR count). The maximum atomic E-state index is 13.3. The summed E-state index contributed by atoms with van der Waals surface area (Å²) in [6.07, 6.45) is 3.22. The lowest BCUT2D eigenvalue weighted by Crippen LogP contribution is -2.29. The Labute approximate surface area is 189 Å². The molecule has 6 heteroatoms. The average Bonchev–Trinajstić information content (AvgIpc) is 3.09. The molecule has 0 aliphatic carbocycles. The van der Waals surface area contributed by atoms with Gasteiger partial charge in [-0.15, -0.1) is 0 Å². The van der Waals surface area contributed by atoms with Gasteiger partial charge in [-0.3, -0.25) is 19.5 Å². The van der Waals surface area contributed by atoms with Crippen LogP contribution in [0, 0.1) is 0 Å². The molecule has 1 N–H and O–H groups in total. The van der Waals surface area contributed by atoms with E-state index in [4.69, 9.17) is 11.6 Å². The van der Waals surface area contributed by atoms with Crippen LogP contribution in [0.4, 0.5) is 5.69 Å². The quantitative estimate of drug-likeness (QED) is 0.259. The van der Waals surface area contributed by atoms with Crippen molar-refractivity contribution < 1.29 is 14.7 Å². The van der Waals surface area contributed by atoms with Crippen LogP contribution in [0.5, 0.6) is 0 Å². The molecule has 0 bridgehead atoms. The van der Waals surface area contributed by atoms with Gasteiger partial charge in [-0.2, -0.15) is 0 Å². The predicted octanol–water partition coefficient (Wildman–Crippen LogP) is 5.51. The van der Waals surface area contributed by atoms with Crippen molar-refractivity contribution in [3.05, 3.63) is 113 Å². The second-order valence-electron chi connectivity index (χ2n) is 7.46. The molecule has 32 heavy (non-hydrogen) atoms. The Hall–Kier alpha value is -3.96. The highest BCUT2D eigenvalue weighted by atomic mass is 35.5. The Morgan fingerprint density at radius 3 is 2.41 bits per heavy atom. The Kier molecular flexibility index (Phi) is 4.96. The molecule has 0 saturated carbocycles. The van der Waals surface area contributed by atoms with Gasteiger partial charge in [0.1, 0.15) is 5.76 Å². The van der Waals surface area contributed by atoms with E-state index in [0.29, 0.717) is 21.8 Å². The van der Waals surface area contributed by atoms with Gasteiger partial charge in [0.25, 0.3) is 11.7 Å². The van der Waals surface area contributed by atoms with Crippen LogP contribution < -0.4 is 4.90 Å². The van der Waals surface area contributed by atoms with Crippen molar-refractivity contribution in [3.63, 3.8) is 0 Å². The van der Waals surface area contributed by atoms with Crippen molar-refractivity contribution in [2.75, 3.05) is 4.90 Å². The van der Waals surface area contributed by atoms with E-state index in [1.807, 2.05) is 36.4 Å². The molecule has 1 fully saturated rings. The number of carbonyl (C=O) groups excluding carboxylic acids is 2. The first-order chi connectivity index (χ1) is 15.6. The number of aliphatic hydroxyl groups excluding tert-OH is 1. The Morgan fingerprint density at radius 2 is 1.66 bits per heavy atom. The SMILES string of the molecule is O=C1C(=O)N(c2cccc3ccccc23)C(c2cccnc2)/C1=C(\O)c1ccc(Cl)cc1. The Balaban J connectivity index is 1.77. The molecule has 5 nitrogen and oxygen atoms in total. The van der Waals surface area contributed by atoms with E-state index in [1.54, 1.807) is 54.9 Å². The van der Waals surface area contributed by atoms with Gasteiger partial charge in [-0.25, -0.2) is 0 Å². The van der Waals surface area contributed by atoms with Crippen LogP contribution >= 0.6 is 11.6 Å². The normalized spacial score (nSPS) is 17.8. The van der Waals surface area contributed by atoms with Crippen LogP contribution in [0.1, 0.15) is 17.2 Å². The van der Waals surface area contributed by atoms with E-state index in [9.17, 15) is 14.7 Å². The van der Waals surface area contributed by atoms with Crippen molar-refractivity contribution >= 4 is 45.5 Å². The van der Waals surface area contributed by atoms with E-state index in [-0.39, 0.29) is 11.3 Å². The van der Waals surface area contributed by atoms with Gasteiger partial charge in [0.05, 0.1) is 17.3 Å². The molecule has 1 saturated heterocycles. The summed E-state index contributed by atoms with van der Waals surface area (Å²) in [7, 11) is 0.